The summed E-state index contributed by atoms with van der Waals surface area (Å²) in [5.74, 6) is -0.0300. The molecule has 0 spiro atoms. The zero-order valence-electron chi connectivity index (χ0n) is 39.7. The Kier molecular flexibility index (Phi) is 21.6. The highest BCUT2D eigenvalue weighted by atomic mass is 19.1. The summed E-state index contributed by atoms with van der Waals surface area (Å²) in [6.07, 6.45) is 15.3. The number of hydrogen-bond donors (Lipinski definition) is 8. The highest BCUT2D eigenvalue weighted by Gasteiger charge is 2.22. The van der Waals surface area contributed by atoms with Crippen LogP contribution in [0.15, 0.2) is 60.9 Å². The molecule has 19 heteroatoms. The largest absolute Gasteiger partial charge is 0.369 e. The Balaban J connectivity index is 1.11. The predicted molar refractivity (Wildman–Crippen MR) is 264 cm³/mol. The minimum atomic E-state index is -0.372. The fourth-order valence-corrected chi connectivity index (χ4v) is 8.08. The molecule has 2 aromatic heterocycles. The SMILES string of the molecule is O=C1CCCCCCCN(CNCC2CCCCNc3nc(ncc3C(=O)NCc3ccc(F)cc3)NCCCCCCNC2=O)c2ncc(C(=O)NCc3ccc(F)cc3)c(n2)NCCCCN1. The van der Waals surface area contributed by atoms with Gasteiger partial charge >= 0.3 is 0 Å². The van der Waals surface area contributed by atoms with E-state index < -0.39 is 0 Å². The maximum atomic E-state index is 13.8. The van der Waals surface area contributed by atoms with Crippen LogP contribution in [0.25, 0.3) is 0 Å². The predicted octanol–water partition coefficient (Wildman–Crippen LogP) is 6.42. The van der Waals surface area contributed by atoms with Crippen LogP contribution in [-0.4, -0.2) is 96.0 Å². The lowest BCUT2D eigenvalue weighted by molar-refractivity contribution is -0.125. The number of anilines is 4. The van der Waals surface area contributed by atoms with Crippen LogP contribution in [0.5, 0.6) is 0 Å². The Labute approximate surface area is 404 Å². The van der Waals surface area contributed by atoms with E-state index in [1.54, 1.807) is 24.3 Å². The van der Waals surface area contributed by atoms with Gasteiger partial charge in [-0.2, -0.15) is 9.97 Å². The molecule has 372 valence electrons. The van der Waals surface area contributed by atoms with E-state index in [4.69, 9.17) is 9.97 Å². The molecule has 1 unspecified atom stereocenters. The number of benzene rings is 2. The van der Waals surface area contributed by atoms with E-state index in [9.17, 15) is 28.0 Å². The van der Waals surface area contributed by atoms with Crippen molar-refractivity contribution in [1.82, 2.24) is 46.5 Å². The first-order valence-corrected chi connectivity index (χ1v) is 24.7. The molecule has 4 aromatic rings. The number of halogens is 2. The Morgan fingerprint density at radius 2 is 1.12 bits per heavy atom. The average Bonchev–Trinajstić information content (AvgIpc) is 3.35. The fourth-order valence-electron chi connectivity index (χ4n) is 8.08. The molecule has 69 heavy (non-hydrogen) atoms. The highest BCUT2D eigenvalue weighted by molar-refractivity contribution is 5.99. The second-order valence-electron chi connectivity index (χ2n) is 17.6. The zero-order chi connectivity index (χ0) is 48.5. The number of nitrogens with zero attached hydrogens (tertiary/aromatic N) is 5. The monoisotopic (exact) mass is 954 g/mol. The van der Waals surface area contributed by atoms with Gasteiger partial charge < -0.3 is 42.1 Å². The third-order valence-corrected chi connectivity index (χ3v) is 12.1. The second-order valence-corrected chi connectivity index (χ2v) is 17.6. The van der Waals surface area contributed by atoms with Gasteiger partial charge in [0.25, 0.3) is 11.8 Å². The first-order chi connectivity index (χ1) is 33.7. The van der Waals surface area contributed by atoms with E-state index >= 15 is 0 Å². The first-order valence-electron chi connectivity index (χ1n) is 24.7. The molecule has 17 nitrogen and oxygen atoms in total. The molecule has 0 radical (unpaired) electrons. The summed E-state index contributed by atoms with van der Waals surface area (Å²) in [6.45, 7) is 4.64. The lowest BCUT2D eigenvalue weighted by Gasteiger charge is -2.26. The van der Waals surface area contributed by atoms with Gasteiger partial charge in [0.15, 0.2) is 0 Å². The molecule has 0 aliphatic carbocycles. The van der Waals surface area contributed by atoms with Gasteiger partial charge in [-0.3, -0.25) is 24.5 Å². The van der Waals surface area contributed by atoms with Gasteiger partial charge in [0.2, 0.25) is 23.7 Å². The number of carbonyl (C=O) groups is 4. The van der Waals surface area contributed by atoms with E-state index in [2.05, 4.69) is 52.5 Å². The van der Waals surface area contributed by atoms with Crippen LogP contribution in [0, 0.1) is 17.6 Å². The summed E-state index contributed by atoms with van der Waals surface area (Å²) >= 11 is 0. The van der Waals surface area contributed by atoms with Gasteiger partial charge in [0.1, 0.15) is 34.4 Å². The van der Waals surface area contributed by atoms with Crippen LogP contribution in [-0.2, 0) is 22.7 Å². The van der Waals surface area contributed by atoms with Crippen molar-refractivity contribution in [3.63, 3.8) is 0 Å². The number of nitrogens with one attached hydrogen (secondary N) is 8. The molecule has 4 bridgehead atoms. The minimum Gasteiger partial charge on any atom is -0.369 e. The molecular formula is C50H69F2N13O4. The summed E-state index contributed by atoms with van der Waals surface area (Å²) in [7, 11) is 0. The van der Waals surface area contributed by atoms with Crippen LogP contribution in [0.4, 0.5) is 32.3 Å². The normalized spacial score (nSPS) is 17.7. The van der Waals surface area contributed by atoms with E-state index in [1.807, 2.05) is 4.90 Å². The summed E-state index contributed by atoms with van der Waals surface area (Å²) < 4.78 is 27.0. The molecule has 0 saturated heterocycles. The van der Waals surface area contributed by atoms with Crippen molar-refractivity contribution < 1.29 is 28.0 Å². The number of fused-ring (bicyclic) bond motifs is 4. The average molecular weight is 954 g/mol. The topological polar surface area (TPSA) is 219 Å². The van der Waals surface area contributed by atoms with Gasteiger partial charge in [-0.25, -0.2) is 18.7 Å². The molecule has 0 saturated carbocycles. The Morgan fingerprint density at radius 1 is 0.594 bits per heavy atom. The van der Waals surface area contributed by atoms with Gasteiger partial charge in [0, 0.05) is 77.7 Å². The molecular weight excluding hydrogens is 885 g/mol. The van der Waals surface area contributed by atoms with E-state index in [1.165, 1.54) is 36.7 Å². The van der Waals surface area contributed by atoms with Crippen LogP contribution in [0.1, 0.15) is 128 Å². The number of hydrogen-bond acceptors (Lipinski definition) is 13. The van der Waals surface area contributed by atoms with E-state index in [-0.39, 0.29) is 59.8 Å². The number of carbonyl (C=O) groups excluding carboxylic acids is 4. The first kappa shape index (κ1) is 51.9. The van der Waals surface area contributed by atoms with E-state index in [0.29, 0.717) is 101 Å². The quantitative estimate of drug-likeness (QED) is 0.0862. The van der Waals surface area contributed by atoms with Crippen molar-refractivity contribution in [2.24, 2.45) is 5.92 Å². The molecule has 2 aliphatic rings. The summed E-state index contributed by atoms with van der Waals surface area (Å²) in [5, 5.41) is 25.5. The maximum Gasteiger partial charge on any atom is 0.256 e. The molecule has 2 aromatic carbocycles. The maximum absolute atomic E-state index is 13.8. The lowest BCUT2D eigenvalue weighted by atomic mass is 10.0. The van der Waals surface area contributed by atoms with Crippen LogP contribution >= 0.6 is 0 Å². The van der Waals surface area contributed by atoms with Crippen molar-refractivity contribution in [2.45, 2.75) is 109 Å². The highest BCUT2D eigenvalue weighted by Crippen LogP contribution is 2.20. The van der Waals surface area contributed by atoms with Crippen LogP contribution in [0.2, 0.25) is 0 Å². The number of rotatable bonds is 10. The van der Waals surface area contributed by atoms with Crippen LogP contribution in [0.3, 0.4) is 0 Å². The minimum absolute atomic E-state index is 0.00840. The Hall–Kier alpha value is -6.50. The van der Waals surface area contributed by atoms with Gasteiger partial charge in [0.05, 0.1) is 12.6 Å². The molecule has 2 aliphatic heterocycles. The van der Waals surface area contributed by atoms with Crippen molar-refractivity contribution in [3.8, 4) is 0 Å². The smallest absolute Gasteiger partial charge is 0.256 e. The summed E-state index contributed by atoms with van der Waals surface area (Å²) in [6, 6.07) is 11.9. The van der Waals surface area contributed by atoms with Crippen molar-refractivity contribution in [2.75, 3.05) is 73.3 Å². The summed E-state index contributed by atoms with van der Waals surface area (Å²) in [5.41, 5.74) is 2.08. The van der Waals surface area contributed by atoms with Crippen molar-refractivity contribution in [1.29, 1.82) is 0 Å². The third kappa shape index (κ3) is 18.2. The molecule has 4 amide bonds. The van der Waals surface area contributed by atoms with Crippen molar-refractivity contribution >= 4 is 47.2 Å². The van der Waals surface area contributed by atoms with Crippen LogP contribution < -0.4 is 47.4 Å². The molecule has 8 N–H and O–H groups in total. The standard InChI is InChI=1S/C50H69F2N13O4/c51-39-20-16-36(17-21-39)30-59-47(68)41-33-61-49-58-28-9-4-3-8-27-57-46(67)38(14-7-10-25-55-44(41)63-49)32-53-35-65-29-13-5-1-2-6-15-43(66)54-24-11-12-26-56-45-42(34-62-50(65)64-45)48(69)60-31-37-18-22-40(52)23-19-37/h16-23,33-34,38,53H,1-15,24-32,35H2,(H,54,66)(H,57,67)(H,59,68)(H,60,69)(H,56,62,64)(H2,55,58,61,63). The Bertz CT molecular complexity index is 2240. The number of amides is 4. The lowest BCUT2D eigenvalue weighted by Crippen LogP contribution is -2.42. The van der Waals surface area contributed by atoms with E-state index in [0.717, 1.165) is 88.2 Å². The molecule has 1 atom stereocenters. The molecule has 6 rings (SSSR count). The zero-order valence-corrected chi connectivity index (χ0v) is 39.7. The van der Waals surface area contributed by atoms with Gasteiger partial charge in [-0.1, -0.05) is 62.8 Å². The Morgan fingerprint density at radius 3 is 1.78 bits per heavy atom. The second kappa shape index (κ2) is 28.7. The molecule has 4 heterocycles. The summed E-state index contributed by atoms with van der Waals surface area (Å²) in [4.78, 5) is 73.8. The van der Waals surface area contributed by atoms with Gasteiger partial charge in [-0.15, -0.1) is 0 Å². The van der Waals surface area contributed by atoms with Crippen molar-refractivity contribution in [3.05, 3.63) is 94.8 Å². The third-order valence-electron chi connectivity index (χ3n) is 12.1. The number of aromatic nitrogens is 4. The molecule has 0 fully saturated rings. The van der Waals surface area contributed by atoms with Gasteiger partial charge in [-0.05, 0) is 86.8 Å². The fraction of sp³-hybridized carbons (Fsp3) is 0.520.